The number of carbonyl (C=O) groups is 2. The van der Waals surface area contributed by atoms with Gasteiger partial charge in [0.05, 0.1) is 25.4 Å². The minimum Gasteiger partial charge on any atom is -0.466 e. The summed E-state index contributed by atoms with van der Waals surface area (Å²) in [7, 11) is 0. The number of carbonyl (C=O) groups excluding carboxylic acids is 2. The maximum absolute atomic E-state index is 12.4. The molecule has 2 atom stereocenters. The van der Waals surface area contributed by atoms with Gasteiger partial charge in [-0.25, -0.2) is 0 Å². The Morgan fingerprint density at radius 3 is 1.17 bits per heavy atom. The zero-order chi connectivity index (χ0) is 42.3. The third kappa shape index (κ3) is 44.2. The maximum Gasteiger partial charge on any atom is 0.305 e. The van der Waals surface area contributed by atoms with Crippen LogP contribution in [0.5, 0.6) is 0 Å². The van der Waals surface area contributed by atoms with E-state index in [-0.39, 0.29) is 18.5 Å². The van der Waals surface area contributed by atoms with Gasteiger partial charge in [0.25, 0.3) is 0 Å². The normalized spacial score (nSPS) is 12.7. The van der Waals surface area contributed by atoms with Crippen LogP contribution in [0.3, 0.4) is 0 Å². The molecule has 0 saturated heterocycles. The molecular weight excluding hydrogens is 719 g/mol. The van der Waals surface area contributed by atoms with Crippen molar-refractivity contribution in [3.05, 3.63) is 12.2 Å². The highest BCUT2D eigenvalue weighted by molar-refractivity contribution is 5.76. The second-order valence-electron chi connectivity index (χ2n) is 17.9. The molecule has 0 bridgehead atoms. The Hall–Kier alpha value is -1.40. The number of hydrogen-bond donors (Lipinski definition) is 3. The van der Waals surface area contributed by atoms with Gasteiger partial charge in [0, 0.05) is 12.8 Å². The molecule has 2 unspecified atom stereocenters. The number of unbranched alkanes of at least 4 members (excludes halogenated alkanes) is 37. The molecule has 0 rings (SSSR count). The van der Waals surface area contributed by atoms with Gasteiger partial charge in [0.1, 0.15) is 0 Å². The average Bonchev–Trinajstić information content (AvgIpc) is 3.22. The van der Waals surface area contributed by atoms with Crippen LogP contribution in [-0.4, -0.2) is 47.4 Å². The molecule has 344 valence electrons. The summed E-state index contributed by atoms with van der Waals surface area (Å²) < 4.78 is 5.46. The highest BCUT2D eigenvalue weighted by atomic mass is 16.5. The Kier molecular flexibility index (Phi) is 47.1. The lowest BCUT2D eigenvalue weighted by Crippen LogP contribution is -2.45. The van der Waals surface area contributed by atoms with Crippen LogP contribution in [0.2, 0.25) is 0 Å². The van der Waals surface area contributed by atoms with Crippen LogP contribution >= 0.6 is 0 Å². The van der Waals surface area contributed by atoms with Crippen LogP contribution in [-0.2, 0) is 14.3 Å². The van der Waals surface area contributed by atoms with E-state index in [1.807, 2.05) is 6.08 Å². The smallest absolute Gasteiger partial charge is 0.305 e. The highest BCUT2D eigenvalue weighted by Gasteiger charge is 2.18. The van der Waals surface area contributed by atoms with Crippen LogP contribution in [0.25, 0.3) is 0 Å². The van der Waals surface area contributed by atoms with E-state index in [1.165, 1.54) is 212 Å². The molecule has 0 spiro atoms. The number of esters is 1. The Morgan fingerprint density at radius 1 is 0.466 bits per heavy atom. The summed E-state index contributed by atoms with van der Waals surface area (Å²) in [6.45, 7) is 4.89. The number of ether oxygens (including phenoxy) is 1. The van der Waals surface area contributed by atoms with E-state index < -0.39 is 12.1 Å². The van der Waals surface area contributed by atoms with Gasteiger partial charge in [-0.1, -0.05) is 251 Å². The first-order valence-electron chi connectivity index (χ1n) is 26.0. The van der Waals surface area contributed by atoms with Gasteiger partial charge in [-0.2, -0.15) is 0 Å². The second-order valence-corrected chi connectivity index (χ2v) is 17.9. The van der Waals surface area contributed by atoms with Crippen molar-refractivity contribution in [2.75, 3.05) is 13.2 Å². The van der Waals surface area contributed by atoms with E-state index in [4.69, 9.17) is 4.74 Å². The van der Waals surface area contributed by atoms with E-state index in [0.717, 1.165) is 44.9 Å². The lowest BCUT2D eigenvalue weighted by molar-refractivity contribution is -0.143. The molecule has 58 heavy (non-hydrogen) atoms. The molecule has 0 aliphatic rings. The highest BCUT2D eigenvalue weighted by Crippen LogP contribution is 2.16. The minimum atomic E-state index is -0.848. The second kappa shape index (κ2) is 48.3. The van der Waals surface area contributed by atoms with Crippen molar-refractivity contribution in [2.45, 2.75) is 296 Å². The Balaban J connectivity index is 3.46. The van der Waals surface area contributed by atoms with Crippen molar-refractivity contribution >= 4 is 11.9 Å². The third-order valence-electron chi connectivity index (χ3n) is 12.1. The molecule has 6 nitrogen and oxygen atoms in total. The largest absolute Gasteiger partial charge is 0.466 e. The predicted octanol–water partition coefficient (Wildman–Crippen LogP) is 15.3. The van der Waals surface area contributed by atoms with Crippen molar-refractivity contribution in [1.82, 2.24) is 5.32 Å². The number of aliphatic hydroxyl groups excluding tert-OH is 2. The quantitative estimate of drug-likeness (QED) is 0.0323. The first kappa shape index (κ1) is 56.6. The van der Waals surface area contributed by atoms with Gasteiger partial charge in [-0.3, -0.25) is 9.59 Å². The van der Waals surface area contributed by atoms with Crippen LogP contribution in [0.1, 0.15) is 284 Å². The fraction of sp³-hybridized carbons (Fsp3) is 0.923. The van der Waals surface area contributed by atoms with E-state index in [9.17, 15) is 19.8 Å². The van der Waals surface area contributed by atoms with Gasteiger partial charge in [-0.15, -0.1) is 0 Å². The van der Waals surface area contributed by atoms with Crippen molar-refractivity contribution < 1.29 is 24.5 Å². The van der Waals surface area contributed by atoms with Crippen LogP contribution in [0.15, 0.2) is 12.2 Å². The zero-order valence-corrected chi connectivity index (χ0v) is 39.0. The molecule has 0 saturated carbocycles. The third-order valence-corrected chi connectivity index (χ3v) is 12.1. The molecule has 0 heterocycles. The van der Waals surface area contributed by atoms with E-state index in [2.05, 4.69) is 19.2 Å². The van der Waals surface area contributed by atoms with Crippen molar-refractivity contribution in [1.29, 1.82) is 0 Å². The summed E-state index contributed by atoms with van der Waals surface area (Å²) in [5, 5.41) is 23.0. The standard InChI is InChI=1S/C52H101NO5/c1-3-5-7-9-11-13-15-17-21-24-28-32-36-40-44-50(55)49(48-54)53-51(56)45-41-37-33-29-25-22-19-18-20-23-27-31-35-39-43-47-58-52(57)46-42-38-34-30-26-16-14-12-10-8-6-4-2/h40,44,49-50,54-55H,3-39,41-43,45-48H2,1-2H3,(H,53,56)/b44-40+. The fourth-order valence-electron chi connectivity index (χ4n) is 8.05. The summed E-state index contributed by atoms with van der Waals surface area (Å²) in [6, 6.07) is -0.632. The van der Waals surface area contributed by atoms with Gasteiger partial charge >= 0.3 is 5.97 Å². The molecule has 6 heteroatoms. The van der Waals surface area contributed by atoms with Gasteiger partial charge in [0.2, 0.25) is 5.91 Å². The summed E-state index contributed by atoms with van der Waals surface area (Å²) >= 11 is 0. The molecule has 0 aromatic rings. The Labute approximate surface area is 361 Å². The number of nitrogens with one attached hydrogen (secondary N) is 1. The van der Waals surface area contributed by atoms with Gasteiger partial charge < -0.3 is 20.3 Å². The van der Waals surface area contributed by atoms with Crippen molar-refractivity contribution in [3.8, 4) is 0 Å². The molecule has 0 aliphatic carbocycles. The first-order valence-corrected chi connectivity index (χ1v) is 26.0. The SMILES string of the molecule is CCCCCCCCCCCCCC/C=C/C(O)C(CO)NC(=O)CCCCCCCCCCCCCCCCCOC(=O)CCCCCCCCCCCCCC. The van der Waals surface area contributed by atoms with E-state index in [1.54, 1.807) is 6.08 Å². The van der Waals surface area contributed by atoms with Crippen LogP contribution in [0.4, 0.5) is 0 Å². The molecule has 0 radical (unpaired) electrons. The fourth-order valence-corrected chi connectivity index (χ4v) is 8.05. The van der Waals surface area contributed by atoms with Crippen molar-refractivity contribution in [2.24, 2.45) is 0 Å². The van der Waals surface area contributed by atoms with Gasteiger partial charge in [0.15, 0.2) is 0 Å². The Morgan fingerprint density at radius 2 is 0.793 bits per heavy atom. The van der Waals surface area contributed by atoms with Gasteiger partial charge in [-0.05, 0) is 32.1 Å². The first-order chi connectivity index (χ1) is 28.5. The molecule has 0 aromatic heterocycles. The number of hydrogen-bond acceptors (Lipinski definition) is 5. The predicted molar refractivity (Wildman–Crippen MR) is 250 cm³/mol. The molecule has 0 aromatic carbocycles. The molecular formula is C52H101NO5. The maximum atomic E-state index is 12.4. The average molecular weight is 820 g/mol. The lowest BCUT2D eigenvalue weighted by atomic mass is 10.0. The number of rotatable bonds is 48. The van der Waals surface area contributed by atoms with Crippen LogP contribution in [0, 0.1) is 0 Å². The summed E-state index contributed by atoms with van der Waals surface area (Å²) in [5.41, 5.74) is 0. The topological polar surface area (TPSA) is 95.9 Å². The molecule has 0 fully saturated rings. The summed E-state index contributed by atoms with van der Waals surface area (Å²) in [4.78, 5) is 24.4. The number of allylic oxidation sites excluding steroid dienone is 1. The number of aliphatic hydroxyl groups is 2. The summed E-state index contributed by atoms with van der Waals surface area (Å²) in [6.07, 6.45) is 54.9. The monoisotopic (exact) mass is 820 g/mol. The summed E-state index contributed by atoms with van der Waals surface area (Å²) in [5.74, 6) is -0.0753. The van der Waals surface area contributed by atoms with E-state index in [0.29, 0.717) is 19.4 Å². The molecule has 1 amide bonds. The molecule has 3 N–H and O–H groups in total. The zero-order valence-electron chi connectivity index (χ0n) is 39.0. The van der Waals surface area contributed by atoms with Crippen LogP contribution < -0.4 is 5.32 Å². The Bertz CT molecular complexity index is 863. The number of amides is 1. The molecule has 0 aliphatic heterocycles. The minimum absolute atomic E-state index is 0.000274. The van der Waals surface area contributed by atoms with Crippen molar-refractivity contribution in [3.63, 3.8) is 0 Å². The van der Waals surface area contributed by atoms with E-state index >= 15 is 0 Å². The lowest BCUT2D eigenvalue weighted by Gasteiger charge is -2.20.